The van der Waals surface area contributed by atoms with Crippen molar-refractivity contribution in [3.63, 3.8) is 0 Å². The summed E-state index contributed by atoms with van der Waals surface area (Å²) < 4.78 is 15.4. The molecule has 4 aromatic rings. The zero-order chi connectivity index (χ0) is 19.5. The van der Waals surface area contributed by atoms with E-state index in [1.807, 2.05) is 42.5 Å². The van der Waals surface area contributed by atoms with Crippen LogP contribution in [0.3, 0.4) is 0 Å². The second-order valence-corrected chi connectivity index (χ2v) is 6.20. The van der Waals surface area contributed by atoms with Crippen LogP contribution in [0.1, 0.15) is 16.2 Å². The van der Waals surface area contributed by atoms with E-state index in [2.05, 4.69) is 20.8 Å². The molecule has 0 bridgehead atoms. The van der Waals surface area contributed by atoms with Crippen molar-refractivity contribution in [2.75, 3.05) is 5.32 Å². The maximum absolute atomic E-state index is 14.1. The largest absolute Gasteiger partial charge is 0.322 e. The number of nitrogens with zero attached hydrogens (tertiary/aromatic N) is 4. The van der Waals surface area contributed by atoms with Gasteiger partial charge in [0.25, 0.3) is 5.91 Å². The highest BCUT2D eigenvalue weighted by Gasteiger charge is 2.12. The summed E-state index contributed by atoms with van der Waals surface area (Å²) in [4.78, 5) is 12.6. The number of hydrogen-bond donors (Lipinski definition) is 1. The summed E-state index contributed by atoms with van der Waals surface area (Å²) in [6, 6.07) is 21.5. The Balaban J connectivity index is 1.55. The van der Waals surface area contributed by atoms with E-state index in [1.165, 1.54) is 22.9 Å². The van der Waals surface area contributed by atoms with Gasteiger partial charge in [0.2, 0.25) is 0 Å². The van der Waals surface area contributed by atoms with Crippen LogP contribution in [-0.4, -0.2) is 26.1 Å². The van der Waals surface area contributed by atoms with Gasteiger partial charge in [-0.25, -0.2) is 4.39 Å². The molecule has 0 radical (unpaired) electrons. The van der Waals surface area contributed by atoms with Crippen molar-refractivity contribution in [2.24, 2.45) is 0 Å². The minimum atomic E-state index is -0.486. The van der Waals surface area contributed by atoms with Gasteiger partial charge in [-0.05, 0) is 58.8 Å². The maximum atomic E-state index is 14.1. The Morgan fingerprint density at radius 3 is 2.36 bits per heavy atom. The van der Waals surface area contributed by atoms with Crippen LogP contribution < -0.4 is 5.32 Å². The van der Waals surface area contributed by atoms with Gasteiger partial charge in [0.1, 0.15) is 11.5 Å². The van der Waals surface area contributed by atoms with E-state index in [4.69, 9.17) is 0 Å². The summed E-state index contributed by atoms with van der Waals surface area (Å²) in [5.41, 5.74) is 3.22. The summed E-state index contributed by atoms with van der Waals surface area (Å²) >= 11 is 0. The van der Waals surface area contributed by atoms with Crippen LogP contribution in [0, 0.1) is 12.7 Å². The van der Waals surface area contributed by atoms with E-state index in [0.29, 0.717) is 17.1 Å². The molecule has 1 aromatic heterocycles. The standard InChI is InChI=1S/C21H16FN5O/c1-14-24-25-26-27(14)20-13-18(11-12-19(20)22)23-21(28)17-9-7-16(8-10-17)15-5-3-2-4-6-15/h2-13H,1H3,(H,23,28). The number of nitrogens with one attached hydrogen (secondary N) is 1. The molecule has 0 saturated carbocycles. The van der Waals surface area contributed by atoms with Crippen LogP contribution in [-0.2, 0) is 0 Å². The first-order valence-electron chi connectivity index (χ1n) is 8.63. The van der Waals surface area contributed by atoms with Gasteiger partial charge in [-0.1, -0.05) is 42.5 Å². The molecule has 3 aromatic carbocycles. The molecule has 0 aliphatic carbocycles. The predicted molar refractivity (Wildman–Crippen MR) is 104 cm³/mol. The van der Waals surface area contributed by atoms with Crippen molar-refractivity contribution in [3.8, 4) is 16.8 Å². The molecule has 0 fully saturated rings. The van der Waals surface area contributed by atoms with Crippen molar-refractivity contribution in [1.29, 1.82) is 0 Å². The molecule has 0 spiro atoms. The lowest BCUT2D eigenvalue weighted by molar-refractivity contribution is 0.102. The molecule has 4 rings (SSSR count). The first kappa shape index (κ1) is 17.5. The van der Waals surface area contributed by atoms with Gasteiger partial charge in [-0.3, -0.25) is 4.79 Å². The quantitative estimate of drug-likeness (QED) is 0.586. The Kier molecular flexibility index (Phi) is 4.63. The number of aryl methyl sites for hydroxylation is 1. The SMILES string of the molecule is Cc1nnnn1-c1cc(NC(=O)c2ccc(-c3ccccc3)cc2)ccc1F. The van der Waals surface area contributed by atoms with Crippen LogP contribution in [0.5, 0.6) is 0 Å². The van der Waals surface area contributed by atoms with E-state index in [1.54, 1.807) is 19.1 Å². The highest BCUT2D eigenvalue weighted by atomic mass is 19.1. The molecule has 6 nitrogen and oxygen atoms in total. The van der Waals surface area contributed by atoms with Crippen molar-refractivity contribution in [3.05, 3.63) is 90.0 Å². The fraction of sp³-hybridized carbons (Fsp3) is 0.0476. The smallest absolute Gasteiger partial charge is 0.255 e. The Bertz CT molecular complexity index is 1120. The van der Waals surface area contributed by atoms with Gasteiger partial charge < -0.3 is 5.32 Å². The van der Waals surface area contributed by atoms with Crippen LogP contribution in [0.4, 0.5) is 10.1 Å². The number of tetrazole rings is 1. The first-order chi connectivity index (χ1) is 13.6. The Morgan fingerprint density at radius 1 is 0.964 bits per heavy atom. The lowest BCUT2D eigenvalue weighted by atomic mass is 10.0. The number of carbonyl (C=O) groups excluding carboxylic acids is 1. The van der Waals surface area contributed by atoms with Crippen molar-refractivity contribution >= 4 is 11.6 Å². The third-order valence-corrected chi connectivity index (χ3v) is 4.31. The Hall–Kier alpha value is -3.87. The van der Waals surface area contributed by atoms with Crippen LogP contribution in [0.2, 0.25) is 0 Å². The molecule has 7 heteroatoms. The van der Waals surface area contributed by atoms with E-state index in [9.17, 15) is 9.18 Å². The first-order valence-corrected chi connectivity index (χ1v) is 8.63. The van der Waals surface area contributed by atoms with Crippen molar-refractivity contribution < 1.29 is 9.18 Å². The summed E-state index contributed by atoms with van der Waals surface area (Å²) in [6.45, 7) is 1.67. The molecule has 1 heterocycles. The molecule has 0 aliphatic heterocycles. The minimum Gasteiger partial charge on any atom is -0.322 e. The molecule has 0 unspecified atom stereocenters. The van der Waals surface area contributed by atoms with E-state index in [-0.39, 0.29) is 11.6 Å². The lowest BCUT2D eigenvalue weighted by Gasteiger charge is -2.09. The van der Waals surface area contributed by atoms with Crippen LogP contribution in [0.15, 0.2) is 72.8 Å². The number of carbonyl (C=O) groups is 1. The second-order valence-electron chi connectivity index (χ2n) is 6.20. The third kappa shape index (κ3) is 3.50. The number of aromatic nitrogens is 4. The van der Waals surface area contributed by atoms with Crippen LogP contribution >= 0.6 is 0 Å². The van der Waals surface area contributed by atoms with Crippen molar-refractivity contribution in [1.82, 2.24) is 20.2 Å². The maximum Gasteiger partial charge on any atom is 0.255 e. The molecule has 138 valence electrons. The van der Waals surface area contributed by atoms with E-state index in [0.717, 1.165) is 11.1 Å². The molecule has 1 amide bonds. The van der Waals surface area contributed by atoms with Gasteiger partial charge >= 0.3 is 0 Å². The highest BCUT2D eigenvalue weighted by molar-refractivity contribution is 6.04. The van der Waals surface area contributed by atoms with Gasteiger partial charge in [0.15, 0.2) is 5.82 Å². The van der Waals surface area contributed by atoms with Gasteiger partial charge in [-0.15, -0.1) is 5.10 Å². The second kappa shape index (κ2) is 7.40. The number of rotatable bonds is 4. The molecule has 0 saturated heterocycles. The topological polar surface area (TPSA) is 72.7 Å². The molecule has 0 atom stereocenters. The number of anilines is 1. The summed E-state index contributed by atoms with van der Waals surface area (Å²) in [6.07, 6.45) is 0. The van der Waals surface area contributed by atoms with Crippen LogP contribution in [0.25, 0.3) is 16.8 Å². The predicted octanol–water partition coefficient (Wildman–Crippen LogP) is 4.03. The van der Waals surface area contributed by atoms with Gasteiger partial charge in [0, 0.05) is 11.3 Å². The summed E-state index contributed by atoms with van der Waals surface area (Å²) in [5, 5.41) is 13.8. The molecular formula is C21H16FN5O. The fourth-order valence-corrected chi connectivity index (χ4v) is 2.85. The number of benzene rings is 3. The molecule has 1 N–H and O–H groups in total. The number of hydrogen-bond acceptors (Lipinski definition) is 4. The summed E-state index contributed by atoms with van der Waals surface area (Å²) in [5.74, 6) is -0.329. The van der Waals surface area contributed by atoms with Crippen molar-refractivity contribution in [2.45, 2.75) is 6.92 Å². The van der Waals surface area contributed by atoms with Gasteiger partial charge in [0.05, 0.1) is 0 Å². The summed E-state index contributed by atoms with van der Waals surface area (Å²) in [7, 11) is 0. The average molecular weight is 373 g/mol. The number of amides is 1. The monoisotopic (exact) mass is 373 g/mol. The fourth-order valence-electron chi connectivity index (χ4n) is 2.85. The molecule has 0 aliphatic rings. The molecular weight excluding hydrogens is 357 g/mol. The normalized spacial score (nSPS) is 10.6. The Morgan fingerprint density at radius 2 is 1.68 bits per heavy atom. The molecule has 28 heavy (non-hydrogen) atoms. The third-order valence-electron chi connectivity index (χ3n) is 4.31. The van der Waals surface area contributed by atoms with E-state index < -0.39 is 5.82 Å². The minimum absolute atomic E-state index is 0.166. The lowest BCUT2D eigenvalue weighted by Crippen LogP contribution is -2.12. The van der Waals surface area contributed by atoms with Gasteiger partial charge in [-0.2, -0.15) is 4.68 Å². The average Bonchev–Trinajstić information content (AvgIpc) is 3.16. The number of halogens is 1. The Labute approximate surface area is 160 Å². The van der Waals surface area contributed by atoms with E-state index >= 15 is 0 Å². The highest BCUT2D eigenvalue weighted by Crippen LogP contribution is 2.21. The zero-order valence-electron chi connectivity index (χ0n) is 15.0. The zero-order valence-corrected chi connectivity index (χ0v) is 15.0.